The molecule has 5 heteroatoms. The number of carbonyl (C=O) groups excluding carboxylic acids is 2. The smallest absolute Gasteiger partial charge is 0.212 e. The first kappa shape index (κ1) is 16.7. The van der Waals surface area contributed by atoms with Crippen LogP contribution in [-0.2, 0) is 0 Å². The summed E-state index contributed by atoms with van der Waals surface area (Å²) in [5.74, 6) is -0.500. The third-order valence-corrected chi connectivity index (χ3v) is 4.54. The number of hydrogen-bond donors (Lipinski definition) is 0. The average Bonchev–Trinajstić information content (AvgIpc) is 2.62. The van der Waals surface area contributed by atoms with Crippen LogP contribution in [0.15, 0.2) is 75.8 Å². The Morgan fingerprint density at radius 2 is 1.21 bits per heavy atom. The van der Waals surface area contributed by atoms with Crippen LogP contribution in [0.4, 0.5) is 0 Å². The maximum absolute atomic E-state index is 12.8. The molecule has 0 fully saturated rings. The third-order valence-electron chi connectivity index (χ3n) is 3.48. The molecule has 0 radical (unpaired) electrons. The fourth-order valence-electron chi connectivity index (χ4n) is 2.26. The van der Waals surface area contributed by atoms with Crippen molar-refractivity contribution in [2.45, 2.75) is 0 Å². The SMILES string of the molecule is O=C(c1ccc(Br)cc1)c1cccnc1C(=O)c1ccc(Br)cc1. The molecule has 2 aromatic carbocycles. The Kier molecular flexibility index (Phi) is 5.02. The zero-order valence-electron chi connectivity index (χ0n) is 12.4. The first-order valence-corrected chi connectivity index (χ1v) is 8.70. The predicted octanol–water partition coefficient (Wildman–Crippen LogP) is 5.07. The van der Waals surface area contributed by atoms with Gasteiger partial charge >= 0.3 is 0 Å². The molecule has 0 amide bonds. The highest BCUT2D eigenvalue weighted by Gasteiger charge is 2.20. The molecule has 0 aliphatic carbocycles. The highest BCUT2D eigenvalue weighted by atomic mass is 79.9. The molecule has 3 aromatic rings. The van der Waals surface area contributed by atoms with Gasteiger partial charge in [0.25, 0.3) is 0 Å². The number of benzene rings is 2. The number of hydrogen-bond acceptors (Lipinski definition) is 3. The molecule has 24 heavy (non-hydrogen) atoms. The van der Waals surface area contributed by atoms with Gasteiger partial charge in [0.2, 0.25) is 5.78 Å². The van der Waals surface area contributed by atoms with Gasteiger partial charge in [0, 0.05) is 26.3 Å². The summed E-state index contributed by atoms with van der Waals surface area (Å²) in [5.41, 5.74) is 1.46. The van der Waals surface area contributed by atoms with Crippen molar-refractivity contribution in [1.29, 1.82) is 0 Å². The second kappa shape index (κ2) is 7.20. The van der Waals surface area contributed by atoms with Gasteiger partial charge < -0.3 is 0 Å². The molecule has 0 atom stereocenters. The summed E-state index contributed by atoms with van der Waals surface area (Å²) in [4.78, 5) is 29.6. The maximum atomic E-state index is 12.8. The first-order valence-electron chi connectivity index (χ1n) is 7.12. The fourth-order valence-corrected chi connectivity index (χ4v) is 2.79. The zero-order chi connectivity index (χ0) is 17.1. The van der Waals surface area contributed by atoms with Crippen LogP contribution in [0.2, 0.25) is 0 Å². The van der Waals surface area contributed by atoms with Crippen LogP contribution >= 0.6 is 31.9 Å². The number of halogens is 2. The Hall–Kier alpha value is -2.11. The second-order valence-electron chi connectivity index (χ2n) is 5.07. The average molecular weight is 445 g/mol. The van der Waals surface area contributed by atoms with E-state index in [0.29, 0.717) is 16.7 Å². The van der Waals surface area contributed by atoms with E-state index >= 15 is 0 Å². The molecule has 0 spiro atoms. The Morgan fingerprint density at radius 1 is 0.708 bits per heavy atom. The van der Waals surface area contributed by atoms with Crippen LogP contribution in [0.25, 0.3) is 0 Å². The van der Waals surface area contributed by atoms with E-state index in [0.717, 1.165) is 8.95 Å². The Morgan fingerprint density at radius 3 is 1.75 bits per heavy atom. The Balaban J connectivity index is 2.01. The van der Waals surface area contributed by atoms with Gasteiger partial charge in [0.15, 0.2) is 5.78 Å². The number of carbonyl (C=O) groups is 2. The van der Waals surface area contributed by atoms with E-state index < -0.39 is 0 Å². The van der Waals surface area contributed by atoms with E-state index in [4.69, 9.17) is 0 Å². The summed E-state index contributed by atoms with van der Waals surface area (Å²) >= 11 is 6.68. The van der Waals surface area contributed by atoms with Crippen LogP contribution in [0.1, 0.15) is 32.0 Å². The van der Waals surface area contributed by atoms with Gasteiger partial charge in [-0.1, -0.05) is 31.9 Å². The summed E-state index contributed by atoms with van der Waals surface area (Å²) in [5, 5.41) is 0. The van der Waals surface area contributed by atoms with Crippen molar-refractivity contribution < 1.29 is 9.59 Å². The van der Waals surface area contributed by atoms with Crippen molar-refractivity contribution in [2.75, 3.05) is 0 Å². The van der Waals surface area contributed by atoms with Crippen LogP contribution in [0.5, 0.6) is 0 Å². The first-order chi connectivity index (χ1) is 11.6. The molecule has 1 aromatic heterocycles. The molecule has 0 saturated carbocycles. The molecule has 0 unspecified atom stereocenters. The van der Waals surface area contributed by atoms with Gasteiger partial charge in [-0.05, 0) is 60.7 Å². The van der Waals surface area contributed by atoms with E-state index in [1.807, 2.05) is 0 Å². The maximum Gasteiger partial charge on any atom is 0.212 e. The lowest BCUT2D eigenvalue weighted by Crippen LogP contribution is -2.13. The quantitative estimate of drug-likeness (QED) is 0.528. The highest BCUT2D eigenvalue weighted by molar-refractivity contribution is 9.10. The van der Waals surface area contributed by atoms with E-state index in [-0.39, 0.29) is 17.3 Å². The van der Waals surface area contributed by atoms with E-state index in [1.165, 1.54) is 6.20 Å². The molecule has 1 heterocycles. The number of rotatable bonds is 4. The summed E-state index contributed by atoms with van der Waals surface area (Å²) < 4.78 is 1.77. The molecule has 0 aliphatic heterocycles. The number of pyridine rings is 1. The van der Waals surface area contributed by atoms with Crippen molar-refractivity contribution >= 4 is 43.4 Å². The van der Waals surface area contributed by atoms with Crippen LogP contribution in [-0.4, -0.2) is 16.6 Å². The summed E-state index contributed by atoms with van der Waals surface area (Å²) in [6.45, 7) is 0. The minimum absolute atomic E-state index is 0.160. The van der Waals surface area contributed by atoms with Gasteiger partial charge in [-0.25, -0.2) is 0 Å². The minimum atomic E-state index is -0.274. The topological polar surface area (TPSA) is 47.0 Å². The number of nitrogens with zero attached hydrogens (tertiary/aromatic N) is 1. The predicted molar refractivity (Wildman–Crippen MR) is 99.4 cm³/mol. The Labute approximate surface area is 156 Å². The van der Waals surface area contributed by atoms with Crippen molar-refractivity contribution in [3.63, 3.8) is 0 Å². The molecule has 3 rings (SSSR count). The lowest BCUT2D eigenvalue weighted by molar-refractivity contribution is 0.0999. The van der Waals surface area contributed by atoms with Crippen molar-refractivity contribution in [2.24, 2.45) is 0 Å². The summed E-state index contributed by atoms with van der Waals surface area (Å²) in [7, 11) is 0. The van der Waals surface area contributed by atoms with Gasteiger partial charge in [-0.15, -0.1) is 0 Å². The molecular weight excluding hydrogens is 434 g/mol. The molecule has 0 N–H and O–H groups in total. The second-order valence-corrected chi connectivity index (χ2v) is 6.90. The van der Waals surface area contributed by atoms with Crippen molar-refractivity contribution in [3.8, 4) is 0 Å². The van der Waals surface area contributed by atoms with Gasteiger partial charge in [0.1, 0.15) is 5.69 Å². The lowest BCUT2D eigenvalue weighted by atomic mass is 9.97. The molecule has 0 saturated heterocycles. The van der Waals surface area contributed by atoms with Crippen LogP contribution in [0, 0.1) is 0 Å². The third kappa shape index (κ3) is 3.52. The van der Waals surface area contributed by atoms with Crippen LogP contribution in [0.3, 0.4) is 0 Å². The molecule has 0 aliphatic rings. The van der Waals surface area contributed by atoms with Gasteiger partial charge in [-0.3, -0.25) is 14.6 Å². The molecular formula is C19H11Br2NO2. The summed E-state index contributed by atoms with van der Waals surface area (Å²) in [6, 6.07) is 17.3. The van der Waals surface area contributed by atoms with Crippen molar-refractivity contribution in [1.82, 2.24) is 4.98 Å². The number of ketones is 2. The van der Waals surface area contributed by atoms with Crippen molar-refractivity contribution in [3.05, 3.63) is 98.2 Å². The monoisotopic (exact) mass is 443 g/mol. The molecule has 3 nitrogen and oxygen atoms in total. The largest absolute Gasteiger partial charge is 0.289 e. The van der Waals surface area contributed by atoms with Crippen LogP contribution < -0.4 is 0 Å². The highest BCUT2D eigenvalue weighted by Crippen LogP contribution is 2.19. The van der Waals surface area contributed by atoms with E-state index in [9.17, 15) is 9.59 Å². The fraction of sp³-hybridized carbons (Fsp3) is 0. The van der Waals surface area contributed by atoms with Gasteiger partial charge in [0.05, 0.1) is 5.56 Å². The normalized spacial score (nSPS) is 10.4. The lowest BCUT2D eigenvalue weighted by Gasteiger charge is -2.07. The standard InChI is InChI=1S/C19H11Br2NO2/c20-14-7-3-12(4-8-14)18(23)16-2-1-11-22-17(16)19(24)13-5-9-15(21)10-6-13/h1-11H. The Bertz CT molecular complexity index is 827. The molecule has 0 bridgehead atoms. The summed E-state index contributed by atoms with van der Waals surface area (Å²) in [6.07, 6.45) is 1.52. The van der Waals surface area contributed by atoms with E-state index in [2.05, 4.69) is 36.8 Å². The number of aromatic nitrogens is 1. The van der Waals surface area contributed by atoms with E-state index in [1.54, 1.807) is 60.7 Å². The molecule has 118 valence electrons. The zero-order valence-corrected chi connectivity index (χ0v) is 15.5. The minimum Gasteiger partial charge on any atom is -0.289 e. The van der Waals surface area contributed by atoms with Gasteiger partial charge in [-0.2, -0.15) is 0 Å².